The van der Waals surface area contributed by atoms with Crippen LogP contribution in [0.3, 0.4) is 0 Å². The largest absolute Gasteiger partial charge is 0.467 e. The number of hydrogen-bond donors (Lipinski definition) is 0. The van der Waals surface area contributed by atoms with Crippen molar-refractivity contribution in [3.05, 3.63) is 53.6 Å². The maximum atomic E-state index is 13.2. The van der Waals surface area contributed by atoms with Crippen molar-refractivity contribution in [3.63, 3.8) is 0 Å². The monoisotopic (exact) mass is 432 g/mol. The van der Waals surface area contributed by atoms with Crippen molar-refractivity contribution in [2.24, 2.45) is 0 Å². The smallest absolute Gasteiger partial charge is 0.330 e. The molecule has 1 aromatic carbocycles. The topological polar surface area (TPSA) is 92.7 Å². The third-order valence-corrected chi connectivity index (χ3v) is 5.23. The molecule has 3 rings (SSSR count). The van der Waals surface area contributed by atoms with Crippen LogP contribution in [0, 0.1) is 5.82 Å². The minimum Gasteiger partial charge on any atom is -0.467 e. The summed E-state index contributed by atoms with van der Waals surface area (Å²) in [5.41, 5.74) is 0.689. The molecule has 1 fully saturated rings. The quantitative estimate of drug-likeness (QED) is 0.406. The van der Waals surface area contributed by atoms with Crippen LogP contribution in [0.2, 0.25) is 0 Å². The van der Waals surface area contributed by atoms with E-state index in [1.54, 1.807) is 6.26 Å². The third kappa shape index (κ3) is 4.76. The summed E-state index contributed by atoms with van der Waals surface area (Å²) in [6, 6.07) is 6.03. The first-order chi connectivity index (χ1) is 14.4. The predicted octanol–water partition coefficient (Wildman–Crippen LogP) is 2.10. The maximum absolute atomic E-state index is 13.2. The van der Waals surface area contributed by atoms with E-state index >= 15 is 0 Å². The summed E-state index contributed by atoms with van der Waals surface area (Å²) in [6.07, 6.45) is 4.05. The second-order valence-electron chi connectivity index (χ2n) is 6.58. The molecule has 2 aromatic rings. The molecular weight excluding hydrogens is 411 g/mol. The van der Waals surface area contributed by atoms with E-state index in [9.17, 15) is 18.8 Å². The standard InChI is InChI=1S/C20H21FN4O4S/c1-29-19(28)16-4-3-11-24(18(27)15-9-10-22-20(23-15)30-2)25(16)17(26)12-13-5-7-14(21)8-6-13/h5-10,16H,3-4,11-12H2,1-2H3. The molecule has 0 spiro atoms. The van der Waals surface area contributed by atoms with Crippen LogP contribution in [0.4, 0.5) is 4.39 Å². The summed E-state index contributed by atoms with van der Waals surface area (Å²) < 4.78 is 18.0. The highest BCUT2D eigenvalue weighted by Crippen LogP contribution is 2.23. The molecule has 0 aliphatic carbocycles. The van der Waals surface area contributed by atoms with Gasteiger partial charge < -0.3 is 4.74 Å². The van der Waals surface area contributed by atoms with E-state index in [2.05, 4.69) is 9.97 Å². The van der Waals surface area contributed by atoms with E-state index in [-0.39, 0.29) is 18.7 Å². The molecule has 1 atom stereocenters. The van der Waals surface area contributed by atoms with Crippen LogP contribution >= 0.6 is 11.8 Å². The first-order valence-corrected chi connectivity index (χ1v) is 10.5. The molecule has 1 unspecified atom stereocenters. The Morgan fingerprint density at radius 2 is 1.97 bits per heavy atom. The van der Waals surface area contributed by atoms with Crippen molar-refractivity contribution in [1.29, 1.82) is 0 Å². The van der Waals surface area contributed by atoms with Crippen molar-refractivity contribution >= 4 is 29.5 Å². The Balaban J connectivity index is 1.92. The van der Waals surface area contributed by atoms with Crippen LogP contribution < -0.4 is 0 Å². The third-order valence-electron chi connectivity index (χ3n) is 4.67. The Morgan fingerprint density at radius 3 is 2.63 bits per heavy atom. The van der Waals surface area contributed by atoms with E-state index in [1.807, 2.05) is 0 Å². The molecular formula is C20H21FN4O4S. The highest BCUT2D eigenvalue weighted by molar-refractivity contribution is 7.98. The minimum atomic E-state index is -0.928. The number of ether oxygens (including phenoxy) is 1. The number of amides is 2. The first kappa shape index (κ1) is 21.7. The fourth-order valence-electron chi connectivity index (χ4n) is 3.24. The van der Waals surface area contributed by atoms with Crippen molar-refractivity contribution in [1.82, 2.24) is 20.0 Å². The lowest BCUT2D eigenvalue weighted by Crippen LogP contribution is -2.60. The predicted molar refractivity (Wildman–Crippen MR) is 107 cm³/mol. The number of aromatic nitrogens is 2. The summed E-state index contributed by atoms with van der Waals surface area (Å²) in [6.45, 7) is 0.250. The Hall–Kier alpha value is -3.01. The normalized spacial score (nSPS) is 16.3. The van der Waals surface area contributed by atoms with Gasteiger partial charge in [-0.3, -0.25) is 9.59 Å². The summed E-state index contributed by atoms with van der Waals surface area (Å²) in [4.78, 5) is 46.9. The van der Waals surface area contributed by atoms with Crippen molar-refractivity contribution in [2.75, 3.05) is 19.9 Å². The average molecular weight is 432 g/mol. The zero-order valence-corrected chi connectivity index (χ0v) is 17.4. The molecule has 1 saturated heterocycles. The van der Waals surface area contributed by atoms with E-state index in [0.717, 1.165) is 5.01 Å². The van der Waals surface area contributed by atoms with Crippen LogP contribution in [0.1, 0.15) is 28.9 Å². The lowest BCUT2D eigenvalue weighted by atomic mass is 10.1. The Labute approximate surface area is 177 Å². The molecule has 2 amide bonds. The summed E-state index contributed by atoms with van der Waals surface area (Å²) >= 11 is 1.29. The van der Waals surface area contributed by atoms with Gasteiger partial charge in [0.05, 0.1) is 13.5 Å². The molecule has 158 valence electrons. The number of carbonyl (C=O) groups excluding carboxylic acids is 3. The van der Waals surface area contributed by atoms with Gasteiger partial charge in [-0.05, 0) is 42.9 Å². The van der Waals surface area contributed by atoms with E-state index in [1.165, 1.54) is 60.4 Å². The summed E-state index contributed by atoms with van der Waals surface area (Å²) in [7, 11) is 1.24. The van der Waals surface area contributed by atoms with Gasteiger partial charge in [0.25, 0.3) is 5.91 Å². The Kier molecular flexibility index (Phi) is 6.99. The van der Waals surface area contributed by atoms with Crippen LogP contribution in [0.5, 0.6) is 0 Å². The molecule has 0 bridgehead atoms. The zero-order valence-electron chi connectivity index (χ0n) is 16.6. The number of nitrogens with zero attached hydrogens (tertiary/aromatic N) is 4. The van der Waals surface area contributed by atoms with E-state index in [4.69, 9.17) is 4.74 Å². The van der Waals surface area contributed by atoms with Gasteiger partial charge in [0.15, 0.2) is 11.2 Å². The number of halogens is 1. The highest BCUT2D eigenvalue weighted by atomic mass is 32.2. The SMILES string of the molecule is COC(=O)C1CCCN(C(=O)c2ccnc(SC)n2)N1C(=O)Cc1ccc(F)cc1. The van der Waals surface area contributed by atoms with Gasteiger partial charge >= 0.3 is 5.97 Å². The molecule has 10 heteroatoms. The van der Waals surface area contributed by atoms with Gasteiger partial charge in [-0.15, -0.1) is 0 Å². The van der Waals surface area contributed by atoms with Gasteiger partial charge in [-0.25, -0.2) is 29.2 Å². The summed E-state index contributed by atoms with van der Waals surface area (Å²) in [5, 5.41) is 2.82. The van der Waals surface area contributed by atoms with E-state index < -0.39 is 29.6 Å². The van der Waals surface area contributed by atoms with Crippen molar-refractivity contribution in [3.8, 4) is 0 Å². The molecule has 0 radical (unpaired) electrons. The number of carbonyl (C=O) groups is 3. The van der Waals surface area contributed by atoms with Gasteiger partial charge in [0.1, 0.15) is 11.5 Å². The lowest BCUT2D eigenvalue weighted by Gasteiger charge is -2.42. The number of thioether (sulfide) groups is 1. The minimum absolute atomic E-state index is 0.0998. The maximum Gasteiger partial charge on any atom is 0.330 e. The Bertz CT molecular complexity index is 941. The van der Waals surface area contributed by atoms with Gasteiger partial charge in [0, 0.05) is 12.7 Å². The number of esters is 1. The van der Waals surface area contributed by atoms with E-state index in [0.29, 0.717) is 23.6 Å². The number of hydrazine groups is 1. The second kappa shape index (κ2) is 9.66. The van der Waals surface area contributed by atoms with Crippen LogP contribution in [0.15, 0.2) is 41.7 Å². The zero-order chi connectivity index (χ0) is 21.7. The molecule has 8 nitrogen and oxygen atoms in total. The average Bonchev–Trinajstić information content (AvgIpc) is 2.79. The van der Waals surface area contributed by atoms with Crippen molar-refractivity contribution in [2.45, 2.75) is 30.5 Å². The van der Waals surface area contributed by atoms with Crippen LogP contribution in [-0.2, 0) is 20.7 Å². The fourth-order valence-corrected chi connectivity index (χ4v) is 3.60. The Morgan fingerprint density at radius 1 is 1.23 bits per heavy atom. The highest BCUT2D eigenvalue weighted by Gasteiger charge is 2.40. The van der Waals surface area contributed by atoms with Gasteiger partial charge in [-0.1, -0.05) is 23.9 Å². The molecule has 1 aliphatic heterocycles. The van der Waals surface area contributed by atoms with Gasteiger partial charge in [0.2, 0.25) is 5.91 Å². The van der Waals surface area contributed by atoms with Crippen LogP contribution in [-0.4, -0.2) is 63.7 Å². The second-order valence-corrected chi connectivity index (χ2v) is 7.35. The van der Waals surface area contributed by atoms with Crippen LogP contribution in [0.25, 0.3) is 0 Å². The summed E-state index contributed by atoms with van der Waals surface area (Å²) in [5.74, 6) is -1.99. The number of rotatable bonds is 5. The molecule has 1 aliphatic rings. The first-order valence-electron chi connectivity index (χ1n) is 9.27. The molecule has 1 aromatic heterocycles. The molecule has 0 saturated carbocycles. The number of methoxy groups -OCH3 is 1. The van der Waals surface area contributed by atoms with Crippen molar-refractivity contribution < 1.29 is 23.5 Å². The number of benzene rings is 1. The molecule has 0 N–H and O–H groups in total. The molecule has 30 heavy (non-hydrogen) atoms. The lowest BCUT2D eigenvalue weighted by molar-refractivity contribution is -0.170. The molecule has 2 heterocycles. The fraction of sp³-hybridized carbons (Fsp3) is 0.350. The number of hydrogen-bond acceptors (Lipinski definition) is 7. The van der Waals surface area contributed by atoms with Gasteiger partial charge in [-0.2, -0.15) is 0 Å².